The zero-order valence-corrected chi connectivity index (χ0v) is 9.64. The van der Waals surface area contributed by atoms with Gasteiger partial charge in [0, 0.05) is 11.8 Å². The van der Waals surface area contributed by atoms with Crippen LogP contribution in [0.25, 0.3) is 0 Å². The predicted octanol–water partition coefficient (Wildman–Crippen LogP) is 2.81. The Bertz CT molecular complexity index is 192. The van der Waals surface area contributed by atoms with Gasteiger partial charge >= 0.3 is 0 Å². The van der Waals surface area contributed by atoms with Crippen molar-refractivity contribution in [3.8, 4) is 0 Å². The van der Waals surface area contributed by atoms with E-state index >= 15 is 0 Å². The molecule has 1 aliphatic heterocycles. The Balaban J connectivity index is 2.27. The van der Waals surface area contributed by atoms with Crippen LogP contribution in [0.2, 0.25) is 0 Å². The summed E-state index contributed by atoms with van der Waals surface area (Å²) >= 11 is 0. The lowest BCUT2D eigenvalue weighted by molar-refractivity contribution is -0.130. The Morgan fingerprint density at radius 2 is 2.07 bits per heavy atom. The Labute approximate surface area is 87.0 Å². The molecule has 0 aliphatic carbocycles. The molecule has 0 aromatic carbocycles. The molecule has 0 spiro atoms. The highest BCUT2D eigenvalue weighted by atomic mass is 16.5. The maximum atomic E-state index is 10.8. The Morgan fingerprint density at radius 3 is 2.43 bits per heavy atom. The second-order valence-corrected chi connectivity index (χ2v) is 5.15. The summed E-state index contributed by atoms with van der Waals surface area (Å²) in [7, 11) is 0. The van der Waals surface area contributed by atoms with Crippen LogP contribution in [0.3, 0.4) is 0 Å². The van der Waals surface area contributed by atoms with Crippen LogP contribution in [0.4, 0.5) is 0 Å². The first-order chi connectivity index (χ1) is 6.54. The van der Waals surface area contributed by atoms with Crippen LogP contribution in [0.5, 0.6) is 0 Å². The molecule has 1 aliphatic rings. The second kappa shape index (κ2) is 4.92. The first-order valence-corrected chi connectivity index (χ1v) is 5.61. The van der Waals surface area contributed by atoms with Gasteiger partial charge in [0.05, 0.1) is 13.2 Å². The minimum atomic E-state index is 0.310. The van der Waals surface area contributed by atoms with E-state index in [0.717, 1.165) is 38.4 Å². The third kappa shape index (κ3) is 3.41. The summed E-state index contributed by atoms with van der Waals surface area (Å²) in [5.41, 5.74) is 0.406. The Hall–Kier alpha value is -0.370. The third-order valence-corrected chi connectivity index (χ3v) is 2.89. The molecule has 1 saturated heterocycles. The fraction of sp³-hybridized carbons (Fsp3) is 0.917. The van der Waals surface area contributed by atoms with Crippen LogP contribution in [0.15, 0.2) is 0 Å². The van der Waals surface area contributed by atoms with Gasteiger partial charge in [-0.05, 0) is 32.1 Å². The van der Waals surface area contributed by atoms with E-state index in [1.807, 2.05) is 0 Å². The summed E-state index contributed by atoms with van der Waals surface area (Å²) in [5.74, 6) is 1.04. The molecular weight excluding hydrogens is 176 g/mol. The van der Waals surface area contributed by atoms with E-state index in [9.17, 15) is 4.79 Å². The molecule has 2 nitrogen and oxygen atoms in total. The van der Waals surface area contributed by atoms with E-state index in [2.05, 4.69) is 13.8 Å². The zero-order chi connectivity index (χ0) is 10.6. The first kappa shape index (κ1) is 11.7. The van der Waals surface area contributed by atoms with E-state index in [-0.39, 0.29) is 0 Å². The second-order valence-electron chi connectivity index (χ2n) is 5.15. The van der Waals surface area contributed by atoms with Crippen molar-refractivity contribution in [2.75, 3.05) is 13.2 Å². The van der Waals surface area contributed by atoms with Gasteiger partial charge in [-0.15, -0.1) is 0 Å². The highest BCUT2D eigenvalue weighted by Gasteiger charge is 2.38. The summed E-state index contributed by atoms with van der Waals surface area (Å²) in [6.45, 7) is 7.99. The molecule has 0 atom stereocenters. The monoisotopic (exact) mass is 198 g/mol. The van der Waals surface area contributed by atoms with Gasteiger partial charge in [-0.2, -0.15) is 0 Å². The smallest absolute Gasteiger partial charge is 0.129 e. The van der Waals surface area contributed by atoms with Crippen LogP contribution in [0, 0.1) is 11.3 Å². The topological polar surface area (TPSA) is 26.3 Å². The van der Waals surface area contributed by atoms with Crippen molar-refractivity contribution in [2.45, 2.75) is 46.5 Å². The number of Topliss-reactive ketones (excluding diaryl/α,β-unsaturated/α-hetero) is 1. The molecule has 0 aromatic heterocycles. The normalized spacial score (nSPS) is 19.4. The fourth-order valence-corrected chi connectivity index (χ4v) is 2.33. The van der Waals surface area contributed by atoms with Gasteiger partial charge in [0.25, 0.3) is 0 Å². The zero-order valence-electron chi connectivity index (χ0n) is 9.64. The molecule has 82 valence electrons. The number of ketones is 1. The van der Waals surface area contributed by atoms with Crippen molar-refractivity contribution in [1.82, 2.24) is 0 Å². The van der Waals surface area contributed by atoms with Crippen molar-refractivity contribution in [1.29, 1.82) is 0 Å². The highest BCUT2D eigenvalue weighted by molar-refractivity contribution is 5.75. The van der Waals surface area contributed by atoms with E-state index < -0.39 is 0 Å². The lowest BCUT2D eigenvalue weighted by atomic mass is 9.74. The molecule has 0 N–H and O–H groups in total. The highest BCUT2D eigenvalue weighted by Crippen LogP contribution is 2.39. The first-order valence-electron chi connectivity index (χ1n) is 5.61. The van der Waals surface area contributed by atoms with Crippen molar-refractivity contribution in [2.24, 2.45) is 11.3 Å². The molecular formula is C12H22O2. The number of carbonyl (C=O) groups is 1. The molecule has 0 bridgehead atoms. The number of rotatable bonds is 6. The van der Waals surface area contributed by atoms with Crippen LogP contribution >= 0.6 is 0 Å². The van der Waals surface area contributed by atoms with Gasteiger partial charge in [-0.1, -0.05) is 13.8 Å². The molecule has 1 fully saturated rings. The van der Waals surface area contributed by atoms with E-state index in [1.165, 1.54) is 6.42 Å². The molecule has 0 aromatic rings. The molecule has 14 heavy (non-hydrogen) atoms. The number of hydrogen-bond acceptors (Lipinski definition) is 2. The molecule has 1 rings (SSSR count). The maximum absolute atomic E-state index is 10.8. The van der Waals surface area contributed by atoms with Crippen molar-refractivity contribution < 1.29 is 9.53 Å². The van der Waals surface area contributed by atoms with Gasteiger partial charge < -0.3 is 9.53 Å². The van der Waals surface area contributed by atoms with Crippen molar-refractivity contribution >= 4 is 5.78 Å². The number of ether oxygens (including phenoxy) is 1. The Kier molecular flexibility index (Phi) is 4.11. The number of carbonyl (C=O) groups excluding carboxylic acids is 1. The van der Waals surface area contributed by atoms with Crippen LogP contribution in [-0.2, 0) is 9.53 Å². The van der Waals surface area contributed by atoms with Gasteiger partial charge in [0.15, 0.2) is 0 Å². The molecule has 0 radical (unpaired) electrons. The average molecular weight is 198 g/mol. The summed E-state index contributed by atoms with van der Waals surface area (Å²) in [6, 6.07) is 0. The van der Waals surface area contributed by atoms with Gasteiger partial charge in [-0.25, -0.2) is 0 Å². The SMILES string of the molecule is CC(=O)CCCC1(CC(C)C)COC1. The van der Waals surface area contributed by atoms with E-state index in [1.54, 1.807) is 6.92 Å². The fourth-order valence-electron chi connectivity index (χ4n) is 2.33. The average Bonchev–Trinajstić information content (AvgIpc) is 1.98. The minimum Gasteiger partial charge on any atom is -0.380 e. The largest absolute Gasteiger partial charge is 0.380 e. The summed E-state index contributed by atoms with van der Waals surface area (Å²) < 4.78 is 5.31. The standard InChI is InChI=1S/C12H22O2/c1-10(2)7-12(8-14-9-12)6-4-5-11(3)13/h10H,4-9H2,1-3H3. The third-order valence-electron chi connectivity index (χ3n) is 2.89. The summed E-state index contributed by atoms with van der Waals surface area (Å²) in [4.78, 5) is 10.8. The molecule has 0 saturated carbocycles. The molecule has 2 heteroatoms. The van der Waals surface area contributed by atoms with Crippen LogP contribution in [0.1, 0.15) is 46.5 Å². The van der Waals surface area contributed by atoms with Crippen LogP contribution in [-0.4, -0.2) is 19.0 Å². The maximum Gasteiger partial charge on any atom is 0.129 e. The van der Waals surface area contributed by atoms with Gasteiger partial charge in [0.1, 0.15) is 5.78 Å². The lowest BCUT2D eigenvalue weighted by Gasteiger charge is -2.43. The number of hydrogen-bond donors (Lipinski definition) is 0. The predicted molar refractivity (Wildman–Crippen MR) is 57.2 cm³/mol. The van der Waals surface area contributed by atoms with Crippen molar-refractivity contribution in [3.63, 3.8) is 0 Å². The van der Waals surface area contributed by atoms with Gasteiger partial charge in [0.2, 0.25) is 0 Å². The summed E-state index contributed by atoms with van der Waals surface area (Å²) in [5, 5.41) is 0. The summed E-state index contributed by atoms with van der Waals surface area (Å²) in [6.07, 6.45) is 4.17. The molecule has 0 unspecified atom stereocenters. The Morgan fingerprint density at radius 1 is 1.43 bits per heavy atom. The molecule has 0 amide bonds. The van der Waals surface area contributed by atoms with Gasteiger partial charge in [-0.3, -0.25) is 0 Å². The lowest BCUT2D eigenvalue weighted by Crippen LogP contribution is -2.43. The van der Waals surface area contributed by atoms with Crippen LogP contribution < -0.4 is 0 Å². The minimum absolute atomic E-state index is 0.310. The van der Waals surface area contributed by atoms with E-state index in [0.29, 0.717) is 11.2 Å². The van der Waals surface area contributed by atoms with E-state index in [4.69, 9.17) is 4.74 Å². The quantitative estimate of drug-likeness (QED) is 0.656. The molecule has 1 heterocycles. The van der Waals surface area contributed by atoms with Crippen molar-refractivity contribution in [3.05, 3.63) is 0 Å².